The molecule has 0 spiro atoms. The summed E-state index contributed by atoms with van der Waals surface area (Å²) in [5.74, 6) is 0. The standard InChI is InChI=1S/C26H31F3N4S/c27-26(28,29)20-6-4-19(5-7-20)23-18-24(25-22(31-23)10-17-34-25)30-11-3-12-32-15-8-21(9-16-32)33-13-1-2-14-33/h4-7,10,17-18,21H,1-3,8-9,11-16H2,(H,30,31). The maximum absolute atomic E-state index is 12.9. The SMILES string of the molecule is FC(F)(F)c1ccc(-c2cc(NCCCN3CCC(N4CCCC4)CC3)c3sccc3n2)cc1. The third-order valence-corrected chi connectivity index (χ3v) is 8.04. The van der Waals surface area contributed by atoms with E-state index in [0.717, 1.165) is 53.6 Å². The molecule has 2 aliphatic rings. The summed E-state index contributed by atoms with van der Waals surface area (Å²) in [7, 11) is 0. The van der Waals surface area contributed by atoms with Gasteiger partial charge in [-0.25, -0.2) is 4.98 Å². The van der Waals surface area contributed by atoms with Crippen LogP contribution in [-0.2, 0) is 6.18 Å². The zero-order valence-electron chi connectivity index (χ0n) is 19.3. The molecule has 5 rings (SSSR count). The molecule has 0 bridgehead atoms. The molecule has 0 amide bonds. The van der Waals surface area contributed by atoms with Crippen molar-refractivity contribution in [1.29, 1.82) is 0 Å². The number of hydrogen-bond acceptors (Lipinski definition) is 5. The van der Waals surface area contributed by atoms with Crippen LogP contribution in [0.4, 0.5) is 18.9 Å². The molecule has 0 atom stereocenters. The third kappa shape index (κ3) is 5.39. The first-order valence-corrected chi connectivity index (χ1v) is 13.1. The topological polar surface area (TPSA) is 31.4 Å². The molecule has 34 heavy (non-hydrogen) atoms. The lowest BCUT2D eigenvalue weighted by Gasteiger charge is -2.36. The van der Waals surface area contributed by atoms with Gasteiger partial charge in [-0.3, -0.25) is 0 Å². The summed E-state index contributed by atoms with van der Waals surface area (Å²) in [5, 5.41) is 5.57. The number of hydrogen-bond donors (Lipinski definition) is 1. The van der Waals surface area contributed by atoms with Crippen LogP contribution < -0.4 is 5.32 Å². The van der Waals surface area contributed by atoms with Gasteiger partial charge in [-0.15, -0.1) is 11.3 Å². The van der Waals surface area contributed by atoms with E-state index in [2.05, 4.69) is 20.1 Å². The summed E-state index contributed by atoms with van der Waals surface area (Å²) in [5.41, 5.74) is 2.60. The number of anilines is 1. The van der Waals surface area contributed by atoms with Crippen LogP contribution in [0.3, 0.4) is 0 Å². The number of piperidine rings is 1. The molecule has 1 aromatic carbocycles. The third-order valence-electron chi connectivity index (χ3n) is 7.10. The van der Waals surface area contributed by atoms with Crippen molar-refractivity contribution in [3.63, 3.8) is 0 Å². The smallest absolute Gasteiger partial charge is 0.384 e. The second-order valence-corrected chi connectivity index (χ2v) is 10.3. The van der Waals surface area contributed by atoms with Crippen molar-refractivity contribution in [3.8, 4) is 11.3 Å². The molecule has 0 unspecified atom stereocenters. The van der Waals surface area contributed by atoms with Crippen LogP contribution in [0.1, 0.15) is 37.7 Å². The minimum atomic E-state index is -4.33. The number of alkyl halides is 3. The van der Waals surface area contributed by atoms with Gasteiger partial charge in [0.2, 0.25) is 0 Å². The normalized spacial score (nSPS) is 18.7. The number of aromatic nitrogens is 1. The summed E-state index contributed by atoms with van der Waals surface area (Å²) >= 11 is 1.63. The zero-order valence-corrected chi connectivity index (χ0v) is 20.1. The van der Waals surface area contributed by atoms with Gasteiger partial charge in [-0.05, 0) is 94.5 Å². The summed E-state index contributed by atoms with van der Waals surface area (Å²) in [6.07, 6.45) is 2.00. The van der Waals surface area contributed by atoms with Crippen molar-refractivity contribution in [2.24, 2.45) is 0 Å². The number of pyridine rings is 1. The predicted octanol–water partition coefficient (Wildman–Crippen LogP) is 6.34. The first-order chi connectivity index (χ1) is 16.5. The van der Waals surface area contributed by atoms with E-state index in [9.17, 15) is 13.2 Å². The monoisotopic (exact) mass is 488 g/mol. The largest absolute Gasteiger partial charge is 0.416 e. The highest BCUT2D eigenvalue weighted by Gasteiger charge is 2.30. The molecule has 3 aromatic rings. The average Bonchev–Trinajstić information content (AvgIpc) is 3.54. The highest BCUT2D eigenvalue weighted by Crippen LogP contribution is 2.34. The fourth-order valence-corrected chi connectivity index (χ4v) is 6.03. The predicted molar refractivity (Wildman–Crippen MR) is 133 cm³/mol. The molecule has 2 aromatic heterocycles. The Bertz CT molecular complexity index is 1080. The van der Waals surface area contributed by atoms with Crippen molar-refractivity contribution in [3.05, 3.63) is 47.3 Å². The van der Waals surface area contributed by atoms with Gasteiger partial charge in [0.25, 0.3) is 0 Å². The Morgan fingerprint density at radius 2 is 1.74 bits per heavy atom. The van der Waals surface area contributed by atoms with E-state index < -0.39 is 11.7 Å². The van der Waals surface area contributed by atoms with Gasteiger partial charge in [0.1, 0.15) is 0 Å². The number of benzene rings is 1. The van der Waals surface area contributed by atoms with Gasteiger partial charge in [-0.2, -0.15) is 13.2 Å². The van der Waals surface area contributed by atoms with Gasteiger partial charge in [0, 0.05) is 18.2 Å². The molecule has 0 radical (unpaired) electrons. The molecular weight excluding hydrogens is 457 g/mol. The Labute approximate surface area is 202 Å². The van der Waals surface area contributed by atoms with E-state index in [-0.39, 0.29) is 0 Å². The lowest BCUT2D eigenvalue weighted by Crippen LogP contribution is -2.44. The molecule has 8 heteroatoms. The minimum absolute atomic E-state index is 0.643. The molecule has 4 nitrogen and oxygen atoms in total. The molecule has 2 saturated heterocycles. The highest BCUT2D eigenvalue weighted by molar-refractivity contribution is 7.17. The Morgan fingerprint density at radius 1 is 1.00 bits per heavy atom. The summed E-state index contributed by atoms with van der Waals surface area (Å²) in [6.45, 7) is 6.88. The summed E-state index contributed by atoms with van der Waals surface area (Å²) in [6, 6.07) is 9.94. The van der Waals surface area contributed by atoms with Crippen LogP contribution in [0.25, 0.3) is 21.5 Å². The first kappa shape index (κ1) is 23.6. The molecule has 1 N–H and O–H groups in total. The van der Waals surface area contributed by atoms with E-state index in [1.807, 2.05) is 17.5 Å². The average molecular weight is 489 g/mol. The molecule has 4 heterocycles. The quantitative estimate of drug-likeness (QED) is 0.393. The Balaban J connectivity index is 1.18. The van der Waals surface area contributed by atoms with Crippen LogP contribution in [0.5, 0.6) is 0 Å². The molecule has 0 saturated carbocycles. The van der Waals surface area contributed by atoms with E-state index >= 15 is 0 Å². The Kier molecular flexibility index (Phi) is 7.09. The lowest BCUT2D eigenvalue weighted by atomic mass is 10.0. The molecule has 2 fully saturated rings. The van der Waals surface area contributed by atoms with Crippen LogP contribution in [0.15, 0.2) is 41.8 Å². The summed E-state index contributed by atoms with van der Waals surface area (Å²) in [4.78, 5) is 9.94. The zero-order chi connectivity index (χ0) is 23.5. The maximum Gasteiger partial charge on any atom is 0.416 e. The number of thiophene rings is 1. The van der Waals surface area contributed by atoms with E-state index in [4.69, 9.17) is 0 Å². The van der Waals surface area contributed by atoms with Crippen molar-refractivity contribution < 1.29 is 13.2 Å². The second-order valence-electron chi connectivity index (χ2n) is 9.36. The van der Waals surface area contributed by atoms with Crippen molar-refractivity contribution in [2.45, 2.75) is 44.3 Å². The number of halogens is 3. The molecule has 182 valence electrons. The lowest BCUT2D eigenvalue weighted by molar-refractivity contribution is -0.137. The molecule has 0 aliphatic carbocycles. The van der Waals surface area contributed by atoms with E-state index in [1.165, 1.54) is 64.0 Å². The second kappa shape index (κ2) is 10.2. The van der Waals surface area contributed by atoms with Crippen LogP contribution >= 0.6 is 11.3 Å². The van der Waals surface area contributed by atoms with Crippen LogP contribution in [-0.4, -0.2) is 60.1 Å². The summed E-state index contributed by atoms with van der Waals surface area (Å²) < 4.78 is 39.8. The maximum atomic E-state index is 12.9. The number of nitrogens with one attached hydrogen (secondary N) is 1. The Morgan fingerprint density at radius 3 is 2.44 bits per heavy atom. The van der Waals surface area contributed by atoms with E-state index in [0.29, 0.717) is 11.3 Å². The number of nitrogens with zero attached hydrogens (tertiary/aromatic N) is 3. The Hall–Kier alpha value is -2.16. The van der Waals surface area contributed by atoms with Crippen LogP contribution in [0, 0.1) is 0 Å². The molecular formula is C26H31F3N4S. The number of likely N-dealkylation sites (tertiary alicyclic amines) is 2. The van der Waals surface area contributed by atoms with Gasteiger partial charge < -0.3 is 15.1 Å². The minimum Gasteiger partial charge on any atom is -0.384 e. The van der Waals surface area contributed by atoms with Gasteiger partial charge in [0.05, 0.1) is 27.2 Å². The number of rotatable bonds is 7. The van der Waals surface area contributed by atoms with Gasteiger partial charge >= 0.3 is 6.18 Å². The van der Waals surface area contributed by atoms with Gasteiger partial charge in [0.15, 0.2) is 0 Å². The van der Waals surface area contributed by atoms with Gasteiger partial charge in [-0.1, -0.05) is 12.1 Å². The van der Waals surface area contributed by atoms with Crippen molar-refractivity contribution in [1.82, 2.24) is 14.8 Å². The van der Waals surface area contributed by atoms with E-state index in [1.54, 1.807) is 11.3 Å². The number of fused-ring (bicyclic) bond motifs is 1. The van der Waals surface area contributed by atoms with Crippen LogP contribution in [0.2, 0.25) is 0 Å². The van der Waals surface area contributed by atoms with Crippen molar-refractivity contribution >= 4 is 27.2 Å². The highest BCUT2D eigenvalue weighted by atomic mass is 32.1. The first-order valence-electron chi connectivity index (χ1n) is 12.2. The molecule has 2 aliphatic heterocycles. The fraction of sp³-hybridized carbons (Fsp3) is 0.500. The van der Waals surface area contributed by atoms with Crippen molar-refractivity contribution in [2.75, 3.05) is 44.6 Å². The fourth-order valence-electron chi connectivity index (χ4n) is 5.21.